The zero-order valence-corrected chi connectivity index (χ0v) is 16.9. The number of rotatable bonds is 5. The molecule has 0 radical (unpaired) electrons. The lowest BCUT2D eigenvalue weighted by atomic mass is 10.1. The van der Waals surface area contributed by atoms with Gasteiger partial charge in [0.15, 0.2) is 0 Å². The highest BCUT2D eigenvalue weighted by Crippen LogP contribution is 2.27. The second-order valence-electron chi connectivity index (χ2n) is 7.87. The third kappa shape index (κ3) is 5.36. The molecule has 0 fully saturated rings. The third-order valence-corrected chi connectivity index (χ3v) is 5.37. The molecular weight excluding hydrogens is 356 g/mol. The third-order valence-electron chi connectivity index (χ3n) is 4.37. The Morgan fingerprint density at radius 3 is 2.56 bits per heavy atom. The van der Waals surface area contributed by atoms with Crippen molar-refractivity contribution in [2.45, 2.75) is 50.5 Å². The van der Waals surface area contributed by atoms with Gasteiger partial charge in [-0.2, -0.15) is 0 Å². The minimum absolute atomic E-state index is 0.114. The SMILES string of the molecule is CC(C)(C)NC(=O)c1ccccc1NC(=O)CSc1ccc2c(c1)CCC2. The van der Waals surface area contributed by atoms with E-state index in [1.807, 2.05) is 26.8 Å². The molecule has 5 heteroatoms. The van der Waals surface area contributed by atoms with Crippen LogP contribution in [0.3, 0.4) is 0 Å². The largest absolute Gasteiger partial charge is 0.347 e. The standard InChI is InChI=1S/C22H26N2O2S/c1-22(2,3)24-21(26)18-9-4-5-10-19(18)23-20(25)14-27-17-12-11-15-7-6-8-16(15)13-17/h4-5,9-13H,6-8,14H2,1-3H3,(H,23,25)(H,24,26). The summed E-state index contributed by atoms with van der Waals surface area (Å²) in [7, 11) is 0. The fourth-order valence-corrected chi connectivity index (χ4v) is 3.93. The van der Waals surface area contributed by atoms with Crippen LogP contribution in [0, 0.1) is 0 Å². The quantitative estimate of drug-likeness (QED) is 0.752. The normalized spacial score (nSPS) is 13.1. The highest BCUT2D eigenvalue weighted by atomic mass is 32.2. The smallest absolute Gasteiger partial charge is 0.253 e. The van der Waals surface area contributed by atoms with Gasteiger partial charge in [-0.3, -0.25) is 9.59 Å². The van der Waals surface area contributed by atoms with Gasteiger partial charge in [0, 0.05) is 10.4 Å². The summed E-state index contributed by atoms with van der Waals surface area (Å²) in [6, 6.07) is 13.6. The number of anilines is 1. The van der Waals surface area contributed by atoms with E-state index in [4.69, 9.17) is 0 Å². The van der Waals surface area contributed by atoms with Gasteiger partial charge in [-0.1, -0.05) is 18.2 Å². The summed E-state index contributed by atoms with van der Waals surface area (Å²) in [4.78, 5) is 26.0. The van der Waals surface area contributed by atoms with Gasteiger partial charge in [0.1, 0.15) is 0 Å². The topological polar surface area (TPSA) is 58.2 Å². The van der Waals surface area contributed by atoms with Crippen molar-refractivity contribution >= 4 is 29.3 Å². The number of carbonyl (C=O) groups is 2. The first-order chi connectivity index (χ1) is 12.8. The monoisotopic (exact) mass is 382 g/mol. The van der Waals surface area contributed by atoms with E-state index in [0.717, 1.165) is 17.7 Å². The number of nitrogens with one attached hydrogen (secondary N) is 2. The number of benzene rings is 2. The van der Waals surface area contributed by atoms with Crippen molar-refractivity contribution in [1.29, 1.82) is 0 Å². The molecular formula is C22H26N2O2S. The zero-order valence-electron chi connectivity index (χ0n) is 16.1. The van der Waals surface area contributed by atoms with Gasteiger partial charge < -0.3 is 10.6 Å². The Morgan fingerprint density at radius 2 is 1.78 bits per heavy atom. The van der Waals surface area contributed by atoms with Crippen molar-refractivity contribution in [3.8, 4) is 0 Å². The van der Waals surface area contributed by atoms with Gasteiger partial charge >= 0.3 is 0 Å². The molecule has 0 atom stereocenters. The number of fused-ring (bicyclic) bond motifs is 1. The summed E-state index contributed by atoms with van der Waals surface area (Å²) >= 11 is 1.53. The molecule has 0 aliphatic heterocycles. The van der Waals surface area contributed by atoms with Crippen molar-refractivity contribution in [2.24, 2.45) is 0 Å². The molecule has 0 bridgehead atoms. The van der Waals surface area contributed by atoms with Crippen LogP contribution in [0.5, 0.6) is 0 Å². The summed E-state index contributed by atoms with van der Waals surface area (Å²) in [5.74, 6) is 0.00904. The Labute approximate surface area is 165 Å². The van der Waals surface area contributed by atoms with Crippen LogP contribution < -0.4 is 10.6 Å². The molecule has 0 aromatic heterocycles. The maximum atomic E-state index is 12.5. The number of hydrogen-bond donors (Lipinski definition) is 2. The Morgan fingerprint density at radius 1 is 1.04 bits per heavy atom. The zero-order chi connectivity index (χ0) is 19.4. The van der Waals surface area contributed by atoms with Crippen LogP contribution >= 0.6 is 11.8 Å². The van der Waals surface area contributed by atoms with Gasteiger partial charge in [0.2, 0.25) is 5.91 Å². The molecule has 0 heterocycles. The van der Waals surface area contributed by atoms with E-state index in [1.165, 1.54) is 29.3 Å². The average molecular weight is 383 g/mol. The minimum atomic E-state index is -0.336. The number of aryl methyl sites for hydroxylation is 2. The first-order valence-electron chi connectivity index (χ1n) is 9.28. The summed E-state index contributed by atoms with van der Waals surface area (Å²) in [5.41, 5.74) is 3.52. The second-order valence-corrected chi connectivity index (χ2v) is 8.92. The van der Waals surface area contributed by atoms with Gasteiger partial charge in [-0.15, -0.1) is 11.8 Å². The molecule has 4 nitrogen and oxygen atoms in total. The molecule has 0 saturated heterocycles. The van der Waals surface area contributed by atoms with Crippen molar-refractivity contribution in [3.05, 3.63) is 59.2 Å². The maximum absolute atomic E-state index is 12.5. The van der Waals surface area contributed by atoms with E-state index in [2.05, 4.69) is 28.8 Å². The van der Waals surface area contributed by atoms with E-state index in [-0.39, 0.29) is 17.4 Å². The van der Waals surface area contributed by atoms with Crippen LogP contribution in [0.1, 0.15) is 48.7 Å². The lowest BCUT2D eigenvalue weighted by Crippen LogP contribution is -2.40. The molecule has 0 saturated carbocycles. The lowest BCUT2D eigenvalue weighted by molar-refractivity contribution is -0.113. The fourth-order valence-electron chi connectivity index (χ4n) is 3.17. The molecule has 1 aliphatic carbocycles. The van der Waals surface area contributed by atoms with Crippen LogP contribution in [-0.4, -0.2) is 23.1 Å². The number of amides is 2. The highest BCUT2D eigenvalue weighted by Gasteiger charge is 2.19. The number of para-hydroxylation sites is 1. The summed E-state index contributed by atoms with van der Waals surface area (Å²) in [6.07, 6.45) is 3.51. The van der Waals surface area contributed by atoms with Crippen molar-refractivity contribution in [3.63, 3.8) is 0 Å². The predicted molar refractivity (Wildman–Crippen MR) is 111 cm³/mol. The van der Waals surface area contributed by atoms with E-state index < -0.39 is 0 Å². The molecule has 2 aromatic carbocycles. The van der Waals surface area contributed by atoms with Crippen LogP contribution in [-0.2, 0) is 17.6 Å². The minimum Gasteiger partial charge on any atom is -0.347 e. The Hall–Kier alpha value is -2.27. The van der Waals surface area contributed by atoms with E-state index in [0.29, 0.717) is 17.0 Å². The molecule has 2 N–H and O–H groups in total. The predicted octanol–water partition coefficient (Wildman–Crippen LogP) is 4.43. The van der Waals surface area contributed by atoms with Gasteiger partial charge in [-0.25, -0.2) is 0 Å². The summed E-state index contributed by atoms with van der Waals surface area (Å²) in [5, 5.41) is 5.81. The lowest BCUT2D eigenvalue weighted by Gasteiger charge is -2.21. The molecule has 3 rings (SSSR count). The first-order valence-corrected chi connectivity index (χ1v) is 10.3. The Balaban J connectivity index is 1.62. The molecule has 0 unspecified atom stereocenters. The van der Waals surface area contributed by atoms with Crippen LogP contribution in [0.4, 0.5) is 5.69 Å². The van der Waals surface area contributed by atoms with E-state index in [1.54, 1.807) is 18.2 Å². The van der Waals surface area contributed by atoms with Gasteiger partial charge in [-0.05, 0) is 75.4 Å². The van der Waals surface area contributed by atoms with Gasteiger partial charge in [0.05, 0.1) is 17.0 Å². The van der Waals surface area contributed by atoms with E-state index in [9.17, 15) is 9.59 Å². The summed E-state index contributed by atoms with van der Waals surface area (Å²) in [6.45, 7) is 5.79. The Kier molecular flexibility index (Phi) is 5.90. The molecule has 142 valence electrons. The molecule has 1 aliphatic rings. The number of hydrogen-bond acceptors (Lipinski definition) is 3. The van der Waals surface area contributed by atoms with E-state index >= 15 is 0 Å². The van der Waals surface area contributed by atoms with Gasteiger partial charge in [0.25, 0.3) is 5.91 Å². The maximum Gasteiger partial charge on any atom is 0.253 e. The highest BCUT2D eigenvalue weighted by molar-refractivity contribution is 8.00. The van der Waals surface area contributed by atoms with Crippen molar-refractivity contribution in [1.82, 2.24) is 5.32 Å². The van der Waals surface area contributed by atoms with Crippen LogP contribution in [0.2, 0.25) is 0 Å². The molecule has 2 amide bonds. The fraction of sp³-hybridized carbons (Fsp3) is 0.364. The number of carbonyl (C=O) groups excluding carboxylic acids is 2. The number of thioether (sulfide) groups is 1. The second kappa shape index (κ2) is 8.17. The van der Waals surface area contributed by atoms with Crippen molar-refractivity contribution in [2.75, 3.05) is 11.1 Å². The molecule has 27 heavy (non-hydrogen) atoms. The Bertz CT molecular complexity index is 856. The van der Waals surface area contributed by atoms with Crippen LogP contribution in [0.15, 0.2) is 47.4 Å². The average Bonchev–Trinajstić information content (AvgIpc) is 3.06. The molecule has 0 spiro atoms. The summed E-state index contributed by atoms with van der Waals surface area (Å²) < 4.78 is 0. The van der Waals surface area contributed by atoms with Crippen LogP contribution in [0.25, 0.3) is 0 Å². The molecule has 2 aromatic rings. The van der Waals surface area contributed by atoms with Crippen molar-refractivity contribution < 1.29 is 9.59 Å². The first kappa shape index (κ1) is 19.5.